The molecule has 2 aromatic carbocycles. The van der Waals surface area contributed by atoms with Crippen LogP contribution in [0, 0.1) is 0 Å². The molecular weight excluding hydrogens is 443 g/mol. The Morgan fingerprint density at radius 2 is 1.97 bits per heavy atom. The molecule has 0 saturated carbocycles. The van der Waals surface area contributed by atoms with E-state index < -0.39 is 22.7 Å². The van der Waals surface area contributed by atoms with Crippen LogP contribution in [0.1, 0.15) is 5.56 Å². The molecule has 2 amide bonds. The van der Waals surface area contributed by atoms with Crippen LogP contribution in [-0.4, -0.2) is 41.0 Å². The monoisotopic (exact) mass is 457 g/mol. The molecule has 3 aromatic rings. The van der Waals surface area contributed by atoms with Gasteiger partial charge in [-0.3, -0.25) is 9.59 Å². The Morgan fingerprint density at radius 3 is 2.67 bits per heavy atom. The third-order valence-electron chi connectivity index (χ3n) is 3.96. The van der Waals surface area contributed by atoms with Gasteiger partial charge in [0.2, 0.25) is 11.8 Å². The first kappa shape index (κ1) is 22.0. The average molecular weight is 458 g/mol. The fourth-order valence-corrected chi connectivity index (χ4v) is 3.47. The predicted octanol–water partition coefficient (Wildman–Crippen LogP) is 4.69. The Kier molecular flexibility index (Phi) is 6.57. The molecule has 0 aliphatic heterocycles. The van der Waals surface area contributed by atoms with Crippen LogP contribution >= 0.6 is 23.4 Å². The maximum absolute atomic E-state index is 12.9. The van der Waals surface area contributed by atoms with Crippen molar-refractivity contribution in [2.45, 2.75) is 11.4 Å². The van der Waals surface area contributed by atoms with Gasteiger partial charge in [0, 0.05) is 12.7 Å². The van der Waals surface area contributed by atoms with Crippen molar-refractivity contribution in [2.24, 2.45) is 0 Å². The van der Waals surface area contributed by atoms with Gasteiger partial charge in [0.15, 0.2) is 5.58 Å². The van der Waals surface area contributed by atoms with Gasteiger partial charge < -0.3 is 14.6 Å². The summed E-state index contributed by atoms with van der Waals surface area (Å²) >= 11 is 6.63. The summed E-state index contributed by atoms with van der Waals surface area (Å²) in [5.74, 6) is -1.03. The molecular formula is C19H15ClF3N3O3S. The highest BCUT2D eigenvalue weighted by Crippen LogP contribution is 2.36. The topological polar surface area (TPSA) is 75.4 Å². The quantitative estimate of drug-likeness (QED) is 0.543. The minimum atomic E-state index is -4.65. The summed E-state index contributed by atoms with van der Waals surface area (Å²) < 4.78 is 44.2. The van der Waals surface area contributed by atoms with Crippen molar-refractivity contribution in [3.63, 3.8) is 0 Å². The fraction of sp³-hybridized carbons (Fsp3) is 0.211. The number of hydrogen-bond acceptors (Lipinski definition) is 5. The number of amides is 2. The molecule has 0 fully saturated rings. The van der Waals surface area contributed by atoms with Crippen LogP contribution in [0.3, 0.4) is 0 Å². The number of likely N-dealkylation sites (N-methyl/N-ethyl adjacent to an activating group) is 1. The molecule has 0 saturated heterocycles. The van der Waals surface area contributed by atoms with Crippen molar-refractivity contribution >= 4 is 52.0 Å². The fourth-order valence-electron chi connectivity index (χ4n) is 2.47. The van der Waals surface area contributed by atoms with Crippen LogP contribution in [0.15, 0.2) is 52.1 Å². The number of alkyl halides is 3. The van der Waals surface area contributed by atoms with Gasteiger partial charge in [-0.1, -0.05) is 35.5 Å². The van der Waals surface area contributed by atoms with Gasteiger partial charge in [-0.25, -0.2) is 4.98 Å². The SMILES string of the molecule is CN(CC(=O)Nc1ccc(Cl)c(C(F)(F)F)c1)C(=O)CSc1nc2ccccc2o1. The van der Waals surface area contributed by atoms with E-state index in [9.17, 15) is 22.8 Å². The number of carbonyl (C=O) groups excluding carboxylic acids is 2. The second-order valence-electron chi connectivity index (χ2n) is 6.23. The lowest BCUT2D eigenvalue weighted by Crippen LogP contribution is -2.36. The molecule has 0 spiro atoms. The summed E-state index contributed by atoms with van der Waals surface area (Å²) in [7, 11) is 1.41. The van der Waals surface area contributed by atoms with Crippen LogP contribution in [0.2, 0.25) is 5.02 Å². The molecule has 11 heteroatoms. The van der Waals surface area contributed by atoms with Crippen LogP contribution in [0.5, 0.6) is 0 Å². The van der Waals surface area contributed by atoms with Gasteiger partial charge in [0.05, 0.1) is 22.9 Å². The van der Waals surface area contributed by atoms with Crippen LogP contribution in [0.4, 0.5) is 18.9 Å². The van der Waals surface area contributed by atoms with E-state index in [-0.39, 0.29) is 23.9 Å². The van der Waals surface area contributed by atoms with E-state index in [1.807, 2.05) is 6.07 Å². The highest BCUT2D eigenvalue weighted by atomic mass is 35.5. The van der Waals surface area contributed by atoms with Crippen molar-refractivity contribution in [2.75, 3.05) is 24.7 Å². The highest BCUT2D eigenvalue weighted by molar-refractivity contribution is 7.99. The number of carbonyl (C=O) groups is 2. The lowest BCUT2D eigenvalue weighted by atomic mass is 10.2. The molecule has 6 nitrogen and oxygen atoms in total. The van der Waals surface area contributed by atoms with Crippen molar-refractivity contribution in [1.29, 1.82) is 0 Å². The number of nitrogens with zero attached hydrogens (tertiary/aromatic N) is 2. The van der Waals surface area contributed by atoms with Crippen molar-refractivity contribution in [3.8, 4) is 0 Å². The molecule has 158 valence electrons. The number of aromatic nitrogens is 1. The van der Waals surface area contributed by atoms with E-state index in [2.05, 4.69) is 10.3 Å². The first-order valence-corrected chi connectivity index (χ1v) is 9.89. The molecule has 0 aliphatic rings. The van der Waals surface area contributed by atoms with Crippen LogP contribution in [-0.2, 0) is 15.8 Å². The normalized spacial score (nSPS) is 11.5. The zero-order valence-electron chi connectivity index (χ0n) is 15.5. The Hall–Kier alpha value is -2.72. The largest absolute Gasteiger partial charge is 0.431 e. The molecule has 0 atom stereocenters. The molecule has 1 aromatic heterocycles. The predicted molar refractivity (Wildman–Crippen MR) is 107 cm³/mol. The zero-order valence-corrected chi connectivity index (χ0v) is 17.1. The minimum absolute atomic E-state index is 0.0181. The summed E-state index contributed by atoms with van der Waals surface area (Å²) in [5.41, 5.74) is 0.141. The highest BCUT2D eigenvalue weighted by Gasteiger charge is 2.33. The van der Waals surface area contributed by atoms with Gasteiger partial charge in [-0.2, -0.15) is 13.2 Å². The number of hydrogen-bond donors (Lipinski definition) is 1. The number of nitrogens with one attached hydrogen (secondary N) is 1. The van der Waals surface area contributed by atoms with Crippen molar-refractivity contribution in [3.05, 3.63) is 53.1 Å². The summed E-state index contributed by atoms with van der Waals surface area (Å²) in [6.07, 6.45) is -4.65. The van der Waals surface area contributed by atoms with Crippen molar-refractivity contribution < 1.29 is 27.2 Å². The van der Waals surface area contributed by atoms with Crippen LogP contribution in [0.25, 0.3) is 11.1 Å². The maximum Gasteiger partial charge on any atom is 0.417 e. The standard InChI is InChI=1S/C19H15ClF3N3O3S/c1-26(17(28)10-30-18-25-14-4-2-3-5-15(14)29-18)9-16(27)24-11-6-7-13(20)12(8-11)19(21,22)23/h2-8H,9-10H2,1H3,(H,24,27). The second-order valence-corrected chi connectivity index (χ2v) is 7.56. The smallest absolute Gasteiger partial charge is 0.417 e. The lowest BCUT2D eigenvalue weighted by Gasteiger charge is -2.17. The van der Waals surface area contributed by atoms with E-state index in [1.54, 1.807) is 18.2 Å². The summed E-state index contributed by atoms with van der Waals surface area (Å²) in [6.45, 7) is -0.336. The third kappa shape index (κ3) is 5.45. The van der Waals surface area contributed by atoms with Gasteiger partial charge in [-0.15, -0.1) is 0 Å². The number of halogens is 4. The molecule has 3 rings (SSSR count). The Labute approximate surface area is 178 Å². The molecule has 0 radical (unpaired) electrons. The Balaban J connectivity index is 1.54. The zero-order chi connectivity index (χ0) is 21.9. The first-order valence-electron chi connectivity index (χ1n) is 8.52. The van der Waals surface area contributed by atoms with Gasteiger partial charge in [0.1, 0.15) is 5.52 Å². The summed E-state index contributed by atoms with van der Waals surface area (Å²) in [6, 6.07) is 10.2. The number of anilines is 1. The van der Waals surface area contributed by atoms with Gasteiger partial charge in [0.25, 0.3) is 5.22 Å². The van der Waals surface area contributed by atoms with E-state index >= 15 is 0 Å². The molecule has 0 unspecified atom stereocenters. The number of para-hydroxylation sites is 2. The number of fused-ring (bicyclic) bond motifs is 1. The first-order chi connectivity index (χ1) is 14.1. The van der Waals surface area contributed by atoms with Gasteiger partial charge in [-0.05, 0) is 30.3 Å². The molecule has 0 bridgehead atoms. The average Bonchev–Trinajstić information content (AvgIpc) is 3.09. The number of oxazole rings is 1. The van der Waals surface area contributed by atoms with Gasteiger partial charge >= 0.3 is 6.18 Å². The van der Waals surface area contributed by atoms with E-state index in [1.165, 1.54) is 13.1 Å². The van der Waals surface area contributed by atoms with E-state index in [4.69, 9.17) is 16.0 Å². The van der Waals surface area contributed by atoms with Crippen LogP contribution < -0.4 is 5.32 Å². The molecule has 30 heavy (non-hydrogen) atoms. The molecule has 0 aliphatic carbocycles. The summed E-state index contributed by atoms with van der Waals surface area (Å²) in [5, 5.41) is 2.18. The second kappa shape index (κ2) is 8.97. The van der Waals surface area contributed by atoms with Crippen molar-refractivity contribution in [1.82, 2.24) is 9.88 Å². The Bertz CT molecular complexity index is 1050. The third-order valence-corrected chi connectivity index (χ3v) is 5.10. The minimum Gasteiger partial charge on any atom is -0.431 e. The van der Waals surface area contributed by atoms with E-state index in [0.717, 1.165) is 28.8 Å². The number of thioether (sulfide) groups is 1. The lowest BCUT2D eigenvalue weighted by molar-refractivity contribution is -0.137. The summed E-state index contributed by atoms with van der Waals surface area (Å²) in [4.78, 5) is 29.7. The Morgan fingerprint density at radius 1 is 1.23 bits per heavy atom. The number of benzene rings is 2. The molecule has 1 N–H and O–H groups in total. The molecule has 1 heterocycles. The number of rotatable bonds is 6. The maximum atomic E-state index is 12.9. The van der Waals surface area contributed by atoms with E-state index in [0.29, 0.717) is 16.3 Å².